The average Bonchev–Trinajstić information content (AvgIpc) is 2.59. The van der Waals surface area contributed by atoms with E-state index in [0.29, 0.717) is 5.56 Å². The molecular formula is C20H19F2N3O2. The van der Waals surface area contributed by atoms with E-state index in [1.54, 1.807) is 4.57 Å². The molecule has 0 amide bonds. The SMILES string of the molecule is COc1cn(Cc2cc(F)cc(F)c2)c(Nc2cc(C)ccc2C)nc1=O. The lowest BCUT2D eigenvalue weighted by Gasteiger charge is -2.17. The van der Waals surface area contributed by atoms with Crippen LogP contribution in [0.4, 0.5) is 20.4 Å². The molecule has 0 aliphatic heterocycles. The van der Waals surface area contributed by atoms with Gasteiger partial charge in [0.2, 0.25) is 11.7 Å². The molecule has 1 aromatic heterocycles. The molecule has 2 aromatic carbocycles. The van der Waals surface area contributed by atoms with Crippen molar-refractivity contribution < 1.29 is 13.5 Å². The zero-order valence-electron chi connectivity index (χ0n) is 15.2. The summed E-state index contributed by atoms with van der Waals surface area (Å²) in [6.45, 7) is 3.98. The molecule has 1 N–H and O–H groups in total. The first-order chi connectivity index (χ1) is 12.9. The van der Waals surface area contributed by atoms with E-state index >= 15 is 0 Å². The van der Waals surface area contributed by atoms with Crippen molar-refractivity contribution in [3.63, 3.8) is 0 Å². The Labute approximate surface area is 155 Å². The minimum absolute atomic E-state index is 0.0402. The first-order valence-electron chi connectivity index (χ1n) is 8.30. The number of aromatic nitrogens is 2. The van der Waals surface area contributed by atoms with E-state index in [0.717, 1.165) is 22.9 Å². The summed E-state index contributed by atoms with van der Waals surface area (Å²) in [5.41, 5.74) is 2.65. The van der Waals surface area contributed by atoms with Crippen molar-refractivity contribution in [1.29, 1.82) is 0 Å². The van der Waals surface area contributed by atoms with Crippen molar-refractivity contribution in [2.45, 2.75) is 20.4 Å². The molecule has 0 fully saturated rings. The summed E-state index contributed by atoms with van der Waals surface area (Å²) in [5, 5.41) is 3.13. The van der Waals surface area contributed by atoms with Gasteiger partial charge in [0, 0.05) is 11.8 Å². The summed E-state index contributed by atoms with van der Waals surface area (Å²) in [7, 11) is 1.36. The van der Waals surface area contributed by atoms with Crippen molar-refractivity contribution in [3.8, 4) is 5.75 Å². The fourth-order valence-electron chi connectivity index (χ4n) is 2.72. The van der Waals surface area contributed by atoms with E-state index in [2.05, 4.69) is 10.3 Å². The number of nitrogens with one attached hydrogen (secondary N) is 1. The third kappa shape index (κ3) is 4.31. The van der Waals surface area contributed by atoms with Crippen molar-refractivity contribution in [2.24, 2.45) is 0 Å². The molecule has 7 heteroatoms. The van der Waals surface area contributed by atoms with Crippen LogP contribution in [0.25, 0.3) is 0 Å². The highest BCUT2D eigenvalue weighted by Crippen LogP contribution is 2.22. The maximum Gasteiger partial charge on any atom is 0.316 e. The third-order valence-corrected chi connectivity index (χ3v) is 4.10. The first kappa shape index (κ1) is 18.6. The molecule has 3 rings (SSSR count). The Morgan fingerprint density at radius 3 is 2.48 bits per heavy atom. The lowest BCUT2D eigenvalue weighted by molar-refractivity contribution is 0.402. The number of hydrogen-bond donors (Lipinski definition) is 1. The quantitative estimate of drug-likeness (QED) is 0.738. The normalized spacial score (nSPS) is 10.7. The number of rotatable bonds is 5. The summed E-state index contributed by atoms with van der Waals surface area (Å²) in [6.07, 6.45) is 1.46. The van der Waals surface area contributed by atoms with Crippen LogP contribution in [-0.2, 0) is 6.54 Å². The van der Waals surface area contributed by atoms with Gasteiger partial charge in [0.15, 0.2) is 0 Å². The summed E-state index contributed by atoms with van der Waals surface area (Å²) in [6, 6.07) is 9.13. The Morgan fingerprint density at radius 2 is 1.81 bits per heavy atom. The molecule has 3 aromatic rings. The Hall–Kier alpha value is -3.22. The van der Waals surface area contributed by atoms with Crippen LogP contribution in [0.3, 0.4) is 0 Å². The van der Waals surface area contributed by atoms with Crippen molar-refractivity contribution in [2.75, 3.05) is 12.4 Å². The highest BCUT2D eigenvalue weighted by Gasteiger charge is 2.12. The van der Waals surface area contributed by atoms with Crippen LogP contribution < -0.4 is 15.6 Å². The van der Waals surface area contributed by atoms with Crippen LogP contribution in [-0.4, -0.2) is 16.7 Å². The second-order valence-corrected chi connectivity index (χ2v) is 6.29. The topological polar surface area (TPSA) is 56.1 Å². The van der Waals surface area contributed by atoms with Gasteiger partial charge in [0.25, 0.3) is 0 Å². The first-order valence-corrected chi connectivity index (χ1v) is 8.30. The smallest absolute Gasteiger partial charge is 0.316 e. The molecule has 1 heterocycles. The van der Waals surface area contributed by atoms with E-state index in [-0.39, 0.29) is 18.2 Å². The minimum atomic E-state index is -0.671. The molecule has 0 unspecified atom stereocenters. The van der Waals surface area contributed by atoms with Crippen LogP contribution in [0, 0.1) is 25.5 Å². The second-order valence-electron chi connectivity index (χ2n) is 6.29. The van der Waals surface area contributed by atoms with Crippen molar-refractivity contribution >= 4 is 11.6 Å². The predicted molar refractivity (Wildman–Crippen MR) is 99.7 cm³/mol. The van der Waals surface area contributed by atoms with Gasteiger partial charge in [-0.3, -0.25) is 4.79 Å². The van der Waals surface area contributed by atoms with Gasteiger partial charge in [-0.2, -0.15) is 4.98 Å². The van der Waals surface area contributed by atoms with Gasteiger partial charge in [-0.15, -0.1) is 0 Å². The molecule has 0 saturated carbocycles. The van der Waals surface area contributed by atoms with Crippen molar-refractivity contribution in [1.82, 2.24) is 9.55 Å². The van der Waals surface area contributed by atoms with E-state index < -0.39 is 17.2 Å². The minimum Gasteiger partial charge on any atom is -0.490 e. The maximum atomic E-state index is 13.5. The Morgan fingerprint density at radius 1 is 1.11 bits per heavy atom. The summed E-state index contributed by atoms with van der Waals surface area (Å²) < 4.78 is 33.7. The molecule has 0 aliphatic rings. The highest BCUT2D eigenvalue weighted by atomic mass is 19.1. The highest BCUT2D eigenvalue weighted by molar-refractivity contribution is 5.59. The Bertz CT molecular complexity index is 1030. The number of benzene rings is 2. The summed E-state index contributed by atoms with van der Waals surface area (Å²) in [5.74, 6) is -1.05. The average molecular weight is 371 g/mol. The van der Waals surface area contributed by atoms with Gasteiger partial charge in [-0.1, -0.05) is 12.1 Å². The fraction of sp³-hybridized carbons (Fsp3) is 0.200. The number of halogens is 2. The number of anilines is 2. The zero-order chi connectivity index (χ0) is 19.6. The number of aryl methyl sites for hydroxylation is 2. The van der Waals surface area contributed by atoms with Crippen molar-refractivity contribution in [3.05, 3.63) is 81.3 Å². The van der Waals surface area contributed by atoms with Gasteiger partial charge < -0.3 is 14.6 Å². The largest absolute Gasteiger partial charge is 0.490 e. The van der Waals surface area contributed by atoms with Gasteiger partial charge in [0.1, 0.15) is 11.6 Å². The fourth-order valence-corrected chi connectivity index (χ4v) is 2.72. The summed E-state index contributed by atoms with van der Waals surface area (Å²) >= 11 is 0. The number of ether oxygens (including phenoxy) is 1. The van der Waals surface area contributed by atoms with Crippen LogP contribution in [0.5, 0.6) is 5.75 Å². The molecule has 0 saturated heterocycles. The van der Waals surface area contributed by atoms with Gasteiger partial charge in [0.05, 0.1) is 19.9 Å². The maximum absolute atomic E-state index is 13.5. The molecule has 27 heavy (non-hydrogen) atoms. The molecule has 5 nitrogen and oxygen atoms in total. The van der Waals surface area contributed by atoms with Crippen LogP contribution in [0.2, 0.25) is 0 Å². The molecule has 0 spiro atoms. The standard InChI is InChI=1S/C20H19F2N3O2/c1-12-4-5-13(2)17(6-12)23-20-24-19(26)18(27-3)11-25(20)10-14-7-15(21)9-16(22)8-14/h4-9,11H,10H2,1-3H3,(H,23,24,26). The monoisotopic (exact) mass is 371 g/mol. The second kappa shape index (κ2) is 7.57. The lowest BCUT2D eigenvalue weighted by Crippen LogP contribution is -2.19. The number of nitrogens with zero attached hydrogens (tertiary/aromatic N) is 2. The van der Waals surface area contributed by atoms with Crippen LogP contribution in [0.1, 0.15) is 16.7 Å². The molecular weight excluding hydrogens is 352 g/mol. The van der Waals surface area contributed by atoms with Gasteiger partial charge in [-0.05, 0) is 48.7 Å². The van der Waals surface area contributed by atoms with Crippen LogP contribution in [0.15, 0.2) is 47.4 Å². The van der Waals surface area contributed by atoms with E-state index in [1.165, 1.54) is 25.4 Å². The lowest BCUT2D eigenvalue weighted by atomic mass is 10.1. The number of methoxy groups -OCH3 is 1. The van der Waals surface area contributed by atoms with E-state index in [4.69, 9.17) is 4.74 Å². The third-order valence-electron chi connectivity index (χ3n) is 4.10. The van der Waals surface area contributed by atoms with E-state index in [9.17, 15) is 13.6 Å². The predicted octanol–water partition coefficient (Wildman–Crippen LogP) is 3.94. The van der Waals surface area contributed by atoms with Gasteiger partial charge in [-0.25, -0.2) is 8.78 Å². The Kier molecular flexibility index (Phi) is 5.21. The molecule has 0 atom stereocenters. The zero-order valence-corrected chi connectivity index (χ0v) is 15.2. The Balaban J connectivity index is 2.05. The van der Waals surface area contributed by atoms with E-state index in [1.807, 2.05) is 32.0 Å². The molecule has 0 bridgehead atoms. The summed E-state index contributed by atoms with van der Waals surface area (Å²) in [4.78, 5) is 16.2. The van der Waals surface area contributed by atoms with Crippen LogP contribution >= 0.6 is 0 Å². The van der Waals surface area contributed by atoms with Gasteiger partial charge >= 0.3 is 5.56 Å². The molecule has 0 aliphatic carbocycles. The molecule has 0 radical (unpaired) electrons. The number of hydrogen-bond acceptors (Lipinski definition) is 4. The molecule has 140 valence electrons.